The van der Waals surface area contributed by atoms with Crippen LogP contribution in [0.2, 0.25) is 0 Å². The summed E-state index contributed by atoms with van der Waals surface area (Å²) < 4.78 is 21.8. The van der Waals surface area contributed by atoms with Crippen molar-refractivity contribution in [2.24, 2.45) is 11.3 Å². The van der Waals surface area contributed by atoms with E-state index < -0.39 is 5.41 Å². The quantitative estimate of drug-likeness (QED) is 0.902. The maximum absolute atomic E-state index is 12.6. The second kappa shape index (κ2) is 7.19. The fourth-order valence-corrected chi connectivity index (χ4v) is 2.31. The number of benzene rings is 1. The lowest BCUT2D eigenvalue weighted by molar-refractivity contribution is -0.237. The van der Waals surface area contributed by atoms with E-state index in [0.717, 1.165) is 0 Å². The van der Waals surface area contributed by atoms with Gasteiger partial charge in [0.05, 0.1) is 38.5 Å². The average molecular weight is 323 g/mol. The molecule has 1 aliphatic heterocycles. The summed E-state index contributed by atoms with van der Waals surface area (Å²) in [6.07, 6.45) is -0.258. The van der Waals surface area contributed by atoms with E-state index in [1.807, 2.05) is 20.8 Å². The van der Waals surface area contributed by atoms with Gasteiger partial charge in [-0.05, 0) is 19.1 Å². The summed E-state index contributed by atoms with van der Waals surface area (Å²) in [6, 6.07) is 5.24. The van der Waals surface area contributed by atoms with Crippen molar-refractivity contribution < 1.29 is 23.7 Å². The topological polar surface area (TPSA) is 66.0 Å². The molecule has 1 N–H and O–H groups in total. The van der Waals surface area contributed by atoms with Gasteiger partial charge < -0.3 is 24.3 Å². The van der Waals surface area contributed by atoms with Crippen LogP contribution in [0.4, 0.5) is 5.69 Å². The molecule has 0 bridgehead atoms. The van der Waals surface area contributed by atoms with Crippen LogP contribution in [0, 0.1) is 11.3 Å². The first-order valence-corrected chi connectivity index (χ1v) is 7.66. The molecule has 1 amide bonds. The van der Waals surface area contributed by atoms with Crippen LogP contribution in [-0.2, 0) is 14.3 Å². The van der Waals surface area contributed by atoms with Crippen molar-refractivity contribution in [3.63, 3.8) is 0 Å². The maximum Gasteiger partial charge on any atom is 0.235 e. The first-order chi connectivity index (χ1) is 10.9. The van der Waals surface area contributed by atoms with Crippen LogP contribution in [0.25, 0.3) is 0 Å². The zero-order chi connectivity index (χ0) is 17.0. The molecule has 1 saturated heterocycles. The molecule has 1 fully saturated rings. The van der Waals surface area contributed by atoms with Gasteiger partial charge in [-0.25, -0.2) is 0 Å². The van der Waals surface area contributed by atoms with Crippen molar-refractivity contribution >= 4 is 11.6 Å². The largest absolute Gasteiger partial charge is 0.497 e. The highest BCUT2D eigenvalue weighted by molar-refractivity contribution is 5.96. The van der Waals surface area contributed by atoms with E-state index in [0.29, 0.717) is 30.4 Å². The summed E-state index contributed by atoms with van der Waals surface area (Å²) in [7, 11) is 3.13. The van der Waals surface area contributed by atoms with Crippen LogP contribution >= 0.6 is 0 Å². The number of amides is 1. The first-order valence-electron chi connectivity index (χ1n) is 7.66. The summed E-state index contributed by atoms with van der Waals surface area (Å²) in [5.74, 6) is 1.29. The SMILES string of the molecule is COc1ccc(NC(=O)C2(C)COC(C(C)C)OC2)c(OC)c1. The van der Waals surface area contributed by atoms with Crippen molar-refractivity contribution in [2.75, 3.05) is 32.8 Å². The molecular formula is C17H25NO5. The third kappa shape index (κ3) is 3.95. The van der Waals surface area contributed by atoms with Gasteiger partial charge in [-0.2, -0.15) is 0 Å². The van der Waals surface area contributed by atoms with E-state index in [-0.39, 0.29) is 18.1 Å². The number of methoxy groups -OCH3 is 2. The molecule has 0 atom stereocenters. The molecule has 1 aromatic carbocycles. The number of ether oxygens (including phenoxy) is 4. The molecule has 0 unspecified atom stereocenters. The number of nitrogens with one attached hydrogen (secondary N) is 1. The number of carbonyl (C=O) groups is 1. The van der Waals surface area contributed by atoms with Gasteiger partial charge in [0, 0.05) is 12.0 Å². The molecule has 0 aromatic heterocycles. The van der Waals surface area contributed by atoms with Crippen molar-refractivity contribution in [1.82, 2.24) is 0 Å². The summed E-state index contributed by atoms with van der Waals surface area (Å²) in [4.78, 5) is 12.6. The molecular weight excluding hydrogens is 298 g/mol. The Labute approximate surface area is 137 Å². The molecule has 6 heteroatoms. The Hall–Kier alpha value is -1.79. The van der Waals surface area contributed by atoms with Crippen LogP contribution in [0.3, 0.4) is 0 Å². The smallest absolute Gasteiger partial charge is 0.235 e. The molecule has 1 aromatic rings. The standard InChI is InChI=1S/C17H25NO5/c1-11(2)15-22-9-17(3,10-23-15)16(19)18-13-7-6-12(20-4)8-14(13)21-5/h6-8,11,15H,9-10H2,1-5H3,(H,18,19). The Morgan fingerprint density at radius 2 is 1.91 bits per heavy atom. The highest BCUT2D eigenvalue weighted by atomic mass is 16.7. The second-order valence-corrected chi connectivity index (χ2v) is 6.32. The van der Waals surface area contributed by atoms with Crippen LogP contribution < -0.4 is 14.8 Å². The third-order valence-corrected chi connectivity index (χ3v) is 3.88. The summed E-state index contributed by atoms with van der Waals surface area (Å²) in [6.45, 7) is 6.51. The second-order valence-electron chi connectivity index (χ2n) is 6.32. The number of carbonyl (C=O) groups excluding carboxylic acids is 1. The molecule has 0 saturated carbocycles. The Kier molecular flexibility index (Phi) is 5.49. The van der Waals surface area contributed by atoms with E-state index >= 15 is 0 Å². The van der Waals surface area contributed by atoms with Crippen molar-refractivity contribution in [2.45, 2.75) is 27.1 Å². The van der Waals surface area contributed by atoms with Crippen LogP contribution in [-0.4, -0.2) is 39.6 Å². The Balaban J connectivity index is 2.07. The molecule has 128 valence electrons. The summed E-state index contributed by atoms with van der Waals surface area (Å²) in [5.41, 5.74) is -0.151. The molecule has 1 aliphatic rings. The lowest BCUT2D eigenvalue weighted by atomic mass is 9.90. The van der Waals surface area contributed by atoms with Gasteiger partial charge in [0.15, 0.2) is 6.29 Å². The van der Waals surface area contributed by atoms with Crippen molar-refractivity contribution in [3.05, 3.63) is 18.2 Å². The van der Waals surface area contributed by atoms with Gasteiger partial charge in [0.1, 0.15) is 11.5 Å². The molecule has 1 heterocycles. The van der Waals surface area contributed by atoms with Gasteiger partial charge in [-0.1, -0.05) is 13.8 Å². The summed E-state index contributed by atoms with van der Waals surface area (Å²) in [5, 5.41) is 2.89. The number of hydrogen-bond donors (Lipinski definition) is 1. The molecule has 0 radical (unpaired) electrons. The van der Waals surface area contributed by atoms with Crippen LogP contribution in [0.15, 0.2) is 18.2 Å². The number of hydrogen-bond acceptors (Lipinski definition) is 5. The van der Waals surface area contributed by atoms with E-state index in [2.05, 4.69) is 5.32 Å². The van der Waals surface area contributed by atoms with E-state index in [1.54, 1.807) is 32.4 Å². The zero-order valence-corrected chi connectivity index (χ0v) is 14.3. The maximum atomic E-state index is 12.6. The van der Waals surface area contributed by atoms with E-state index in [1.165, 1.54) is 0 Å². The minimum Gasteiger partial charge on any atom is -0.497 e. The molecule has 6 nitrogen and oxygen atoms in total. The summed E-state index contributed by atoms with van der Waals surface area (Å²) >= 11 is 0. The highest BCUT2D eigenvalue weighted by Crippen LogP contribution is 2.32. The fraction of sp³-hybridized carbons (Fsp3) is 0.588. The highest BCUT2D eigenvalue weighted by Gasteiger charge is 2.40. The van der Waals surface area contributed by atoms with Crippen molar-refractivity contribution in [3.8, 4) is 11.5 Å². The lowest BCUT2D eigenvalue weighted by Crippen LogP contribution is -2.48. The van der Waals surface area contributed by atoms with Crippen LogP contribution in [0.5, 0.6) is 11.5 Å². The molecule has 2 rings (SSSR count). The minimum atomic E-state index is -0.740. The predicted octanol–water partition coefficient (Wildman–Crippen LogP) is 2.68. The first kappa shape index (κ1) is 17.6. The minimum absolute atomic E-state index is 0.164. The van der Waals surface area contributed by atoms with Gasteiger partial charge in [0.2, 0.25) is 5.91 Å². The van der Waals surface area contributed by atoms with E-state index in [4.69, 9.17) is 18.9 Å². The predicted molar refractivity (Wildman–Crippen MR) is 86.8 cm³/mol. The monoisotopic (exact) mass is 323 g/mol. The van der Waals surface area contributed by atoms with Gasteiger partial charge in [0.25, 0.3) is 0 Å². The van der Waals surface area contributed by atoms with Gasteiger partial charge in [-0.3, -0.25) is 4.79 Å². The Morgan fingerprint density at radius 3 is 2.43 bits per heavy atom. The Bertz CT molecular complexity index is 550. The zero-order valence-electron chi connectivity index (χ0n) is 14.3. The lowest BCUT2D eigenvalue weighted by Gasteiger charge is -2.37. The fourth-order valence-electron chi connectivity index (χ4n) is 2.31. The number of rotatable bonds is 5. The molecule has 0 aliphatic carbocycles. The third-order valence-electron chi connectivity index (χ3n) is 3.88. The molecule has 23 heavy (non-hydrogen) atoms. The normalized spacial score (nSPS) is 24.3. The number of anilines is 1. The average Bonchev–Trinajstić information content (AvgIpc) is 2.55. The van der Waals surface area contributed by atoms with Gasteiger partial charge >= 0.3 is 0 Å². The van der Waals surface area contributed by atoms with Gasteiger partial charge in [-0.15, -0.1) is 0 Å². The Morgan fingerprint density at radius 1 is 1.26 bits per heavy atom. The van der Waals surface area contributed by atoms with Crippen molar-refractivity contribution in [1.29, 1.82) is 0 Å². The van der Waals surface area contributed by atoms with E-state index in [9.17, 15) is 4.79 Å². The molecule has 0 spiro atoms. The van der Waals surface area contributed by atoms with Crippen LogP contribution in [0.1, 0.15) is 20.8 Å².